The van der Waals surface area contributed by atoms with Gasteiger partial charge in [-0.3, -0.25) is 9.78 Å². The standard InChI is InChI=1S/C22H19N5O2/c28-20(10-11-21-26-22(27-29-21)16-12-14-23-15-13-16)25-19-8-6-18(7-9-19)24-17-4-2-1-3-5-17/h1-9,12-15,24H,10-11H2,(H,25,28). The van der Waals surface area contributed by atoms with Gasteiger partial charge in [0.25, 0.3) is 0 Å². The number of aromatic nitrogens is 3. The molecule has 2 aromatic carbocycles. The number of rotatable bonds is 7. The molecule has 0 spiro atoms. The molecule has 0 bridgehead atoms. The number of hydrogen-bond acceptors (Lipinski definition) is 6. The Morgan fingerprint density at radius 1 is 0.862 bits per heavy atom. The van der Waals surface area contributed by atoms with Crippen molar-refractivity contribution >= 4 is 23.0 Å². The summed E-state index contributed by atoms with van der Waals surface area (Å²) < 4.78 is 5.22. The highest BCUT2D eigenvalue weighted by molar-refractivity contribution is 5.91. The van der Waals surface area contributed by atoms with Crippen molar-refractivity contribution in [3.63, 3.8) is 0 Å². The lowest BCUT2D eigenvalue weighted by molar-refractivity contribution is -0.116. The zero-order chi connectivity index (χ0) is 19.9. The Morgan fingerprint density at radius 2 is 1.55 bits per heavy atom. The molecular weight excluding hydrogens is 366 g/mol. The van der Waals surface area contributed by atoms with Crippen molar-refractivity contribution in [1.82, 2.24) is 15.1 Å². The maximum atomic E-state index is 12.2. The molecule has 0 fully saturated rings. The number of benzene rings is 2. The van der Waals surface area contributed by atoms with Crippen molar-refractivity contribution in [3.05, 3.63) is 85.0 Å². The number of para-hydroxylation sites is 1. The predicted molar refractivity (Wildman–Crippen MR) is 111 cm³/mol. The molecule has 4 rings (SSSR count). The Balaban J connectivity index is 1.28. The SMILES string of the molecule is O=C(CCc1nc(-c2ccncc2)no1)Nc1ccc(Nc2ccccc2)cc1. The second-order valence-corrected chi connectivity index (χ2v) is 6.36. The van der Waals surface area contributed by atoms with Gasteiger partial charge in [-0.15, -0.1) is 0 Å². The van der Waals surface area contributed by atoms with Gasteiger partial charge in [0.05, 0.1) is 0 Å². The van der Waals surface area contributed by atoms with Crippen LogP contribution in [0, 0.1) is 0 Å². The van der Waals surface area contributed by atoms with E-state index in [1.165, 1.54) is 0 Å². The third-order valence-corrected chi connectivity index (χ3v) is 4.20. The maximum absolute atomic E-state index is 12.2. The highest BCUT2D eigenvalue weighted by Crippen LogP contribution is 2.19. The Hall–Kier alpha value is -4.00. The highest BCUT2D eigenvalue weighted by Gasteiger charge is 2.11. The van der Waals surface area contributed by atoms with Gasteiger partial charge < -0.3 is 15.2 Å². The summed E-state index contributed by atoms with van der Waals surface area (Å²) in [4.78, 5) is 20.5. The minimum atomic E-state index is -0.113. The van der Waals surface area contributed by atoms with E-state index < -0.39 is 0 Å². The maximum Gasteiger partial charge on any atom is 0.227 e. The normalized spacial score (nSPS) is 10.5. The van der Waals surface area contributed by atoms with Crippen molar-refractivity contribution in [1.29, 1.82) is 0 Å². The van der Waals surface area contributed by atoms with E-state index in [4.69, 9.17) is 4.52 Å². The summed E-state index contributed by atoms with van der Waals surface area (Å²) in [6, 6.07) is 21.1. The van der Waals surface area contributed by atoms with Crippen molar-refractivity contribution < 1.29 is 9.32 Å². The van der Waals surface area contributed by atoms with Crippen molar-refractivity contribution in [2.24, 2.45) is 0 Å². The van der Waals surface area contributed by atoms with Gasteiger partial charge in [-0.2, -0.15) is 4.98 Å². The Kier molecular flexibility index (Phi) is 5.57. The fourth-order valence-corrected chi connectivity index (χ4v) is 2.74. The van der Waals surface area contributed by atoms with Gasteiger partial charge in [-0.1, -0.05) is 23.4 Å². The predicted octanol–water partition coefficient (Wildman–Crippen LogP) is 4.45. The molecule has 0 aliphatic rings. The first-order valence-electron chi connectivity index (χ1n) is 9.21. The Bertz CT molecular complexity index is 1060. The van der Waals surface area contributed by atoms with Crippen LogP contribution in [0.3, 0.4) is 0 Å². The number of nitrogens with one attached hydrogen (secondary N) is 2. The van der Waals surface area contributed by atoms with Gasteiger partial charge in [0, 0.05) is 47.9 Å². The molecule has 7 heteroatoms. The lowest BCUT2D eigenvalue weighted by Gasteiger charge is -2.08. The van der Waals surface area contributed by atoms with Gasteiger partial charge >= 0.3 is 0 Å². The topological polar surface area (TPSA) is 92.9 Å². The summed E-state index contributed by atoms with van der Waals surface area (Å²) in [7, 11) is 0. The molecule has 0 unspecified atom stereocenters. The summed E-state index contributed by atoms with van der Waals surface area (Å²) in [5.74, 6) is 0.802. The van der Waals surface area contributed by atoms with E-state index >= 15 is 0 Å². The molecule has 0 aliphatic heterocycles. The van der Waals surface area contributed by atoms with E-state index in [9.17, 15) is 4.79 Å². The molecule has 2 aromatic heterocycles. The molecule has 0 saturated heterocycles. The number of aryl methyl sites for hydroxylation is 1. The number of carbonyl (C=O) groups is 1. The molecule has 2 N–H and O–H groups in total. The van der Waals surface area contributed by atoms with E-state index in [-0.39, 0.29) is 12.3 Å². The first-order chi connectivity index (χ1) is 14.3. The van der Waals surface area contributed by atoms with Gasteiger partial charge in [0.15, 0.2) is 0 Å². The van der Waals surface area contributed by atoms with E-state index in [0.29, 0.717) is 18.1 Å². The van der Waals surface area contributed by atoms with Crippen LogP contribution in [0.15, 0.2) is 83.6 Å². The molecule has 2 heterocycles. The molecule has 7 nitrogen and oxygen atoms in total. The van der Waals surface area contributed by atoms with Crippen LogP contribution in [0.4, 0.5) is 17.1 Å². The van der Waals surface area contributed by atoms with Gasteiger partial charge in [0.1, 0.15) is 0 Å². The monoisotopic (exact) mass is 385 g/mol. The second-order valence-electron chi connectivity index (χ2n) is 6.36. The molecule has 29 heavy (non-hydrogen) atoms. The van der Waals surface area contributed by atoms with Gasteiger partial charge in [-0.25, -0.2) is 0 Å². The van der Waals surface area contributed by atoms with Crippen LogP contribution in [0.5, 0.6) is 0 Å². The second kappa shape index (κ2) is 8.79. The molecule has 0 radical (unpaired) electrons. The molecule has 0 atom stereocenters. The van der Waals surface area contributed by atoms with Crippen molar-refractivity contribution in [2.45, 2.75) is 12.8 Å². The van der Waals surface area contributed by atoms with E-state index in [1.807, 2.05) is 54.6 Å². The van der Waals surface area contributed by atoms with Crippen LogP contribution in [-0.4, -0.2) is 21.0 Å². The molecule has 1 amide bonds. The Labute approximate surface area is 167 Å². The lowest BCUT2D eigenvalue weighted by Crippen LogP contribution is -2.12. The molecule has 4 aromatic rings. The van der Waals surface area contributed by atoms with Crippen molar-refractivity contribution in [2.75, 3.05) is 10.6 Å². The smallest absolute Gasteiger partial charge is 0.227 e. The number of amides is 1. The van der Waals surface area contributed by atoms with E-state index in [1.54, 1.807) is 24.5 Å². The lowest BCUT2D eigenvalue weighted by atomic mass is 10.2. The zero-order valence-electron chi connectivity index (χ0n) is 15.6. The fraction of sp³-hybridized carbons (Fsp3) is 0.0909. The van der Waals surface area contributed by atoms with Crippen LogP contribution in [0.2, 0.25) is 0 Å². The minimum Gasteiger partial charge on any atom is -0.356 e. The summed E-state index contributed by atoms with van der Waals surface area (Å²) >= 11 is 0. The van der Waals surface area contributed by atoms with E-state index in [2.05, 4.69) is 25.8 Å². The first kappa shape index (κ1) is 18.4. The summed E-state index contributed by atoms with van der Waals surface area (Å²) in [6.45, 7) is 0. The molecule has 144 valence electrons. The highest BCUT2D eigenvalue weighted by atomic mass is 16.5. The van der Waals surface area contributed by atoms with E-state index in [0.717, 1.165) is 22.6 Å². The molecular formula is C22H19N5O2. The number of nitrogens with zero attached hydrogens (tertiary/aromatic N) is 3. The quantitative estimate of drug-likeness (QED) is 0.488. The minimum absolute atomic E-state index is 0.113. The number of hydrogen-bond donors (Lipinski definition) is 2. The fourth-order valence-electron chi connectivity index (χ4n) is 2.74. The Morgan fingerprint density at radius 3 is 2.31 bits per heavy atom. The van der Waals surface area contributed by atoms with Crippen molar-refractivity contribution in [3.8, 4) is 11.4 Å². The number of pyridine rings is 1. The third kappa shape index (κ3) is 5.04. The summed E-state index contributed by atoms with van der Waals surface area (Å²) in [6.07, 6.45) is 3.96. The summed E-state index contributed by atoms with van der Waals surface area (Å²) in [5, 5.41) is 10.1. The largest absolute Gasteiger partial charge is 0.356 e. The van der Waals surface area contributed by atoms with Gasteiger partial charge in [0.2, 0.25) is 17.6 Å². The average molecular weight is 385 g/mol. The zero-order valence-corrected chi connectivity index (χ0v) is 15.6. The van der Waals surface area contributed by atoms with Crippen LogP contribution in [-0.2, 0) is 11.2 Å². The third-order valence-electron chi connectivity index (χ3n) is 4.20. The summed E-state index contributed by atoms with van der Waals surface area (Å²) in [5.41, 5.74) is 3.51. The van der Waals surface area contributed by atoms with Gasteiger partial charge in [-0.05, 0) is 48.5 Å². The number of anilines is 3. The molecule has 0 saturated carbocycles. The van der Waals surface area contributed by atoms with Crippen LogP contribution < -0.4 is 10.6 Å². The van der Waals surface area contributed by atoms with Crippen LogP contribution >= 0.6 is 0 Å². The van der Waals surface area contributed by atoms with Crippen LogP contribution in [0.25, 0.3) is 11.4 Å². The number of carbonyl (C=O) groups excluding carboxylic acids is 1. The van der Waals surface area contributed by atoms with Crippen LogP contribution in [0.1, 0.15) is 12.3 Å². The first-order valence-corrected chi connectivity index (χ1v) is 9.21. The average Bonchev–Trinajstić information content (AvgIpc) is 3.24. The molecule has 0 aliphatic carbocycles.